The average Bonchev–Trinajstić information content (AvgIpc) is 3.05. The fourth-order valence-electron chi connectivity index (χ4n) is 4.02. The molecule has 28 heavy (non-hydrogen) atoms. The van der Waals surface area contributed by atoms with E-state index in [0.29, 0.717) is 6.04 Å². The van der Waals surface area contributed by atoms with Crippen molar-refractivity contribution < 1.29 is 0 Å². The van der Waals surface area contributed by atoms with Gasteiger partial charge in [0.05, 0.1) is 11.7 Å². The lowest BCUT2D eigenvalue weighted by molar-refractivity contribution is 0.218. The first kappa shape index (κ1) is 17.4. The van der Waals surface area contributed by atoms with E-state index >= 15 is 0 Å². The highest BCUT2D eigenvalue weighted by Crippen LogP contribution is 2.35. The van der Waals surface area contributed by atoms with Crippen LogP contribution in [0.4, 0.5) is 0 Å². The third kappa shape index (κ3) is 3.07. The van der Waals surface area contributed by atoms with E-state index in [0.717, 1.165) is 34.6 Å². The van der Waals surface area contributed by atoms with Crippen molar-refractivity contribution in [2.24, 2.45) is 0 Å². The summed E-state index contributed by atoms with van der Waals surface area (Å²) in [4.78, 5) is 11.2. The van der Waals surface area contributed by atoms with Gasteiger partial charge in [0.15, 0.2) is 0 Å². The molecule has 3 nitrogen and oxygen atoms in total. The number of fused-ring (bicyclic) bond motifs is 2. The summed E-state index contributed by atoms with van der Waals surface area (Å²) in [7, 11) is 0. The minimum atomic E-state index is 0.307. The monoisotopic (exact) mass is 385 g/mol. The number of benzene rings is 2. The summed E-state index contributed by atoms with van der Waals surface area (Å²) < 4.78 is 0. The molecule has 3 heterocycles. The number of pyridine rings is 2. The van der Waals surface area contributed by atoms with Gasteiger partial charge < -0.3 is 0 Å². The van der Waals surface area contributed by atoms with Gasteiger partial charge >= 0.3 is 0 Å². The summed E-state index contributed by atoms with van der Waals surface area (Å²) in [5.41, 5.74) is 5.94. The predicted molar refractivity (Wildman–Crippen MR) is 114 cm³/mol. The molecule has 0 bridgehead atoms. The van der Waals surface area contributed by atoms with Gasteiger partial charge in [-0.05, 0) is 58.8 Å². The van der Waals surface area contributed by atoms with Crippen LogP contribution in [0.1, 0.15) is 29.8 Å². The largest absolute Gasteiger partial charge is 0.286 e. The first-order valence-electron chi connectivity index (χ1n) is 9.49. The quantitative estimate of drug-likeness (QED) is 0.431. The molecule has 0 saturated carbocycles. The Morgan fingerprint density at radius 2 is 1.86 bits per heavy atom. The summed E-state index contributed by atoms with van der Waals surface area (Å²) >= 11 is 6.68. The van der Waals surface area contributed by atoms with Crippen molar-refractivity contribution in [3.8, 4) is 11.1 Å². The Bertz CT molecular complexity index is 1170. The van der Waals surface area contributed by atoms with E-state index in [-0.39, 0.29) is 0 Å². The molecular formula is C24H20ClN3. The van der Waals surface area contributed by atoms with Gasteiger partial charge in [0.25, 0.3) is 0 Å². The molecule has 0 spiro atoms. The van der Waals surface area contributed by atoms with E-state index in [1.807, 2.05) is 30.7 Å². The molecule has 5 rings (SSSR count). The molecule has 0 N–H and O–H groups in total. The summed E-state index contributed by atoms with van der Waals surface area (Å²) in [5, 5.41) is 3.14. The molecule has 0 saturated heterocycles. The molecule has 138 valence electrons. The van der Waals surface area contributed by atoms with Crippen molar-refractivity contribution in [1.82, 2.24) is 14.9 Å². The smallest absolute Gasteiger partial charge is 0.0617 e. The minimum absolute atomic E-state index is 0.307. The molecule has 1 aliphatic heterocycles. The third-order valence-electron chi connectivity index (χ3n) is 5.64. The van der Waals surface area contributed by atoms with E-state index in [4.69, 9.17) is 11.6 Å². The van der Waals surface area contributed by atoms with Crippen molar-refractivity contribution in [1.29, 1.82) is 0 Å². The Balaban J connectivity index is 1.41. The molecule has 0 aliphatic carbocycles. The van der Waals surface area contributed by atoms with Crippen LogP contribution in [0, 0.1) is 0 Å². The highest BCUT2D eigenvalue weighted by molar-refractivity contribution is 6.31. The Morgan fingerprint density at radius 3 is 2.71 bits per heavy atom. The molecule has 1 atom stereocenters. The second kappa shape index (κ2) is 7.01. The van der Waals surface area contributed by atoms with Gasteiger partial charge in [0.1, 0.15) is 0 Å². The normalized spacial score (nSPS) is 16.4. The summed E-state index contributed by atoms with van der Waals surface area (Å²) in [6.45, 7) is 3.95. The first-order chi connectivity index (χ1) is 13.7. The fraction of sp³-hybridized carbons (Fsp3) is 0.167. The maximum atomic E-state index is 6.68. The highest BCUT2D eigenvalue weighted by Gasteiger charge is 2.27. The van der Waals surface area contributed by atoms with E-state index in [1.54, 1.807) is 0 Å². The van der Waals surface area contributed by atoms with E-state index in [1.165, 1.54) is 22.2 Å². The Hall–Kier alpha value is -2.75. The van der Waals surface area contributed by atoms with E-state index < -0.39 is 0 Å². The molecular weight excluding hydrogens is 366 g/mol. The van der Waals surface area contributed by atoms with Crippen molar-refractivity contribution in [2.45, 2.75) is 26.1 Å². The van der Waals surface area contributed by atoms with Crippen molar-refractivity contribution in [2.75, 3.05) is 0 Å². The molecule has 1 aliphatic rings. The average molecular weight is 386 g/mol. The minimum Gasteiger partial charge on any atom is -0.286 e. The Morgan fingerprint density at radius 1 is 1.00 bits per heavy atom. The topological polar surface area (TPSA) is 29.0 Å². The lowest BCUT2D eigenvalue weighted by Crippen LogP contribution is -2.20. The molecule has 0 radical (unpaired) electrons. The highest BCUT2D eigenvalue weighted by atomic mass is 35.5. The molecule has 1 unspecified atom stereocenters. The number of aromatic nitrogens is 2. The first-order valence-corrected chi connectivity index (χ1v) is 9.87. The van der Waals surface area contributed by atoms with Crippen LogP contribution in [-0.4, -0.2) is 14.9 Å². The SMILES string of the molecule is CC1c2ncccc2CN1Cc1ccc(-c2ccc3cnccc3c2)cc1Cl. The van der Waals surface area contributed by atoms with Crippen molar-refractivity contribution in [3.05, 3.63) is 95.0 Å². The van der Waals surface area contributed by atoms with Gasteiger partial charge in [-0.25, -0.2) is 0 Å². The number of nitrogens with zero attached hydrogens (tertiary/aromatic N) is 3. The number of hydrogen-bond acceptors (Lipinski definition) is 3. The van der Waals surface area contributed by atoms with Crippen LogP contribution in [0.3, 0.4) is 0 Å². The Kier molecular flexibility index (Phi) is 4.34. The zero-order valence-electron chi connectivity index (χ0n) is 15.6. The zero-order chi connectivity index (χ0) is 19.1. The summed E-state index contributed by atoms with van der Waals surface area (Å²) in [6.07, 6.45) is 5.59. The molecule has 2 aromatic carbocycles. The van der Waals surface area contributed by atoms with Crippen molar-refractivity contribution in [3.63, 3.8) is 0 Å². The zero-order valence-corrected chi connectivity index (χ0v) is 16.4. The second-order valence-electron chi connectivity index (χ2n) is 7.37. The standard InChI is InChI=1S/C24H20ClN3/c1-16-24-22(3-2-9-27-24)15-28(16)14-21-7-5-18(12-23(21)25)17-4-6-20-13-26-10-8-19(20)11-17/h2-13,16H,14-15H2,1H3. The van der Waals surface area contributed by atoms with E-state index in [2.05, 4.69) is 64.3 Å². The Labute approximate surface area is 169 Å². The van der Waals surface area contributed by atoms with Crippen molar-refractivity contribution >= 4 is 22.4 Å². The van der Waals surface area contributed by atoms with Gasteiger partial charge in [-0.3, -0.25) is 14.9 Å². The van der Waals surface area contributed by atoms with Gasteiger partial charge in [-0.2, -0.15) is 0 Å². The van der Waals surface area contributed by atoms with Crippen LogP contribution in [0.15, 0.2) is 73.2 Å². The van der Waals surface area contributed by atoms with Crippen LogP contribution < -0.4 is 0 Å². The van der Waals surface area contributed by atoms with Crippen LogP contribution >= 0.6 is 11.6 Å². The van der Waals surface area contributed by atoms with Crippen LogP contribution in [0.25, 0.3) is 21.9 Å². The summed E-state index contributed by atoms with van der Waals surface area (Å²) in [6, 6.07) is 19.3. The predicted octanol–water partition coefficient (Wildman–Crippen LogP) is 6.03. The lowest BCUT2D eigenvalue weighted by atomic mass is 10.0. The van der Waals surface area contributed by atoms with Gasteiger partial charge in [-0.15, -0.1) is 0 Å². The maximum Gasteiger partial charge on any atom is 0.0617 e. The van der Waals surface area contributed by atoms with Crippen LogP contribution in [0.2, 0.25) is 5.02 Å². The van der Waals surface area contributed by atoms with Gasteiger partial charge in [0, 0.05) is 42.1 Å². The molecule has 0 fully saturated rings. The number of halogens is 1. The summed E-state index contributed by atoms with van der Waals surface area (Å²) in [5.74, 6) is 0. The lowest BCUT2D eigenvalue weighted by Gasteiger charge is -2.22. The number of hydrogen-bond donors (Lipinski definition) is 0. The van der Waals surface area contributed by atoms with Gasteiger partial charge in [-0.1, -0.05) is 41.9 Å². The molecule has 4 aromatic rings. The van der Waals surface area contributed by atoms with Crippen LogP contribution in [-0.2, 0) is 13.1 Å². The fourth-order valence-corrected chi connectivity index (χ4v) is 4.26. The van der Waals surface area contributed by atoms with Gasteiger partial charge in [0.2, 0.25) is 0 Å². The molecule has 4 heteroatoms. The second-order valence-corrected chi connectivity index (χ2v) is 7.78. The number of rotatable bonds is 3. The van der Waals surface area contributed by atoms with Crippen LogP contribution in [0.5, 0.6) is 0 Å². The maximum absolute atomic E-state index is 6.68. The third-order valence-corrected chi connectivity index (χ3v) is 6.00. The molecule has 2 aromatic heterocycles. The van der Waals surface area contributed by atoms with E-state index in [9.17, 15) is 0 Å². The molecule has 0 amide bonds.